The van der Waals surface area contributed by atoms with E-state index in [1.54, 1.807) is 11.7 Å². The molecule has 1 aromatic heterocycles. The molecule has 16 heavy (non-hydrogen) atoms. The third kappa shape index (κ3) is 3.70. The van der Waals surface area contributed by atoms with Crippen molar-refractivity contribution in [1.82, 2.24) is 14.9 Å². The summed E-state index contributed by atoms with van der Waals surface area (Å²) in [5, 5.41) is 3.18. The van der Waals surface area contributed by atoms with E-state index in [2.05, 4.69) is 26.2 Å². The molecule has 0 fully saturated rings. The molecule has 0 saturated carbocycles. The van der Waals surface area contributed by atoms with Crippen molar-refractivity contribution in [2.45, 2.75) is 13.5 Å². The van der Waals surface area contributed by atoms with E-state index in [-0.39, 0.29) is 5.56 Å². The van der Waals surface area contributed by atoms with Crippen LogP contribution in [0.1, 0.15) is 5.82 Å². The van der Waals surface area contributed by atoms with Crippen LogP contribution in [0.3, 0.4) is 0 Å². The molecule has 90 valence electrons. The first-order chi connectivity index (χ1) is 7.66. The number of aromatic nitrogens is 2. The Morgan fingerprint density at radius 2 is 2.31 bits per heavy atom. The van der Waals surface area contributed by atoms with Gasteiger partial charge in [-0.3, -0.25) is 9.36 Å². The van der Waals surface area contributed by atoms with Crippen LogP contribution in [0.15, 0.2) is 15.5 Å². The fraction of sp³-hybridized carbons (Fsp3) is 0.600. The van der Waals surface area contributed by atoms with E-state index in [4.69, 9.17) is 4.74 Å². The molecule has 0 radical (unpaired) electrons. The van der Waals surface area contributed by atoms with Crippen molar-refractivity contribution in [2.24, 2.45) is 0 Å². The van der Waals surface area contributed by atoms with Crippen LogP contribution in [0.4, 0.5) is 0 Å². The molecule has 5 nitrogen and oxygen atoms in total. The summed E-state index contributed by atoms with van der Waals surface area (Å²) >= 11 is 3.18. The SMILES string of the molecule is COCCNCCn1c(C)ncc(Br)c1=O. The van der Waals surface area contributed by atoms with Crippen LogP contribution in [0, 0.1) is 6.92 Å². The number of hydrogen-bond donors (Lipinski definition) is 1. The smallest absolute Gasteiger partial charge is 0.267 e. The summed E-state index contributed by atoms with van der Waals surface area (Å²) in [5.41, 5.74) is -0.0407. The summed E-state index contributed by atoms with van der Waals surface area (Å²) in [5.74, 6) is 0.724. The van der Waals surface area contributed by atoms with Crippen molar-refractivity contribution in [3.63, 3.8) is 0 Å². The Morgan fingerprint density at radius 3 is 3.00 bits per heavy atom. The van der Waals surface area contributed by atoms with Gasteiger partial charge in [0, 0.05) is 32.9 Å². The lowest BCUT2D eigenvalue weighted by Gasteiger charge is -2.09. The molecule has 6 heteroatoms. The van der Waals surface area contributed by atoms with Crippen LogP contribution in [-0.4, -0.2) is 36.4 Å². The van der Waals surface area contributed by atoms with Gasteiger partial charge in [0.05, 0.1) is 6.61 Å². The lowest BCUT2D eigenvalue weighted by Crippen LogP contribution is -2.30. The highest BCUT2D eigenvalue weighted by Gasteiger charge is 2.04. The first kappa shape index (κ1) is 13.3. The number of hydrogen-bond acceptors (Lipinski definition) is 4. The number of methoxy groups -OCH3 is 1. The van der Waals surface area contributed by atoms with Crippen LogP contribution in [0.25, 0.3) is 0 Å². The van der Waals surface area contributed by atoms with Gasteiger partial charge in [-0.1, -0.05) is 0 Å². The van der Waals surface area contributed by atoms with Gasteiger partial charge in [0.2, 0.25) is 0 Å². The van der Waals surface area contributed by atoms with Gasteiger partial charge < -0.3 is 10.1 Å². The maximum atomic E-state index is 11.7. The van der Waals surface area contributed by atoms with Gasteiger partial charge in [-0.05, 0) is 22.9 Å². The normalized spacial score (nSPS) is 10.7. The lowest BCUT2D eigenvalue weighted by molar-refractivity contribution is 0.199. The van der Waals surface area contributed by atoms with Crippen LogP contribution in [-0.2, 0) is 11.3 Å². The van der Waals surface area contributed by atoms with Crippen LogP contribution in [0.2, 0.25) is 0 Å². The highest BCUT2D eigenvalue weighted by Crippen LogP contribution is 2.00. The third-order valence-electron chi connectivity index (χ3n) is 2.20. The molecule has 0 amide bonds. The van der Waals surface area contributed by atoms with Crippen LogP contribution < -0.4 is 10.9 Å². The molecule has 1 N–H and O–H groups in total. The van der Waals surface area contributed by atoms with Crippen molar-refractivity contribution in [2.75, 3.05) is 26.8 Å². The molecular formula is C10H16BrN3O2. The van der Waals surface area contributed by atoms with Crippen LogP contribution >= 0.6 is 15.9 Å². The second kappa shape index (κ2) is 6.78. The highest BCUT2D eigenvalue weighted by atomic mass is 79.9. The maximum Gasteiger partial charge on any atom is 0.267 e. The quantitative estimate of drug-likeness (QED) is 0.777. The van der Waals surface area contributed by atoms with Gasteiger partial charge in [0.1, 0.15) is 10.3 Å². The van der Waals surface area contributed by atoms with Gasteiger partial charge in [0.25, 0.3) is 5.56 Å². The third-order valence-corrected chi connectivity index (χ3v) is 2.74. The van der Waals surface area contributed by atoms with E-state index in [0.29, 0.717) is 17.6 Å². The molecule has 0 unspecified atom stereocenters. The van der Waals surface area contributed by atoms with Crippen LogP contribution in [0.5, 0.6) is 0 Å². The molecule has 0 spiro atoms. The predicted octanol–water partition coefficient (Wildman–Crippen LogP) is 0.550. The zero-order valence-corrected chi connectivity index (χ0v) is 11.1. The molecule has 0 atom stereocenters. The Morgan fingerprint density at radius 1 is 1.56 bits per heavy atom. The minimum atomic E-state index is -0.0407. The predicted molar refractivity (Wildman–Crippen MR) is 65.7 cm³/mol. The van der Waals surface area contributed by atoms with E-state index in [1.807, 2.05) is 6.92 Å². The summed E-state index contributed by atoms with van der Waals surface area (Å²) in [4.78, 5) is 15.9. The Bertz CT molecular complexity index is 392. The van der Waals surface area contributed by atoms with Gasteiger partial charge in [-0.2, -0.15) is 0 Å². The first-order valence-electron chi connectivity index (χ1n) is 5.08. The van der Waals surface area contributed by atoms with Gasteiger partial charge in [0.15, 0.2) is 0 Å². The van der Waals surface area contributed by atoms with Crippen molar-refractivity contribution in [3.8, 4) is 0 Å². The van der Waals surface area contributed by atoms with E-state index in [9.17, 15) is 4.79 Å². The standard InChI is InChI=1S/C10H16BrN3O2/c1-8-13-7-9(11)10(15)14(8)5-3-12-4-6-16-2/h7,12H,3-6H2,1-2H3. The molecule has 0 aliphatic carbocycles. The molecule has 0 aliphatic heterocycles. The zero-order chi connectivity index (χ0) is 12.0. The molecular weight excluding hydrogens is 274 g/mol. The topological polar surface area (TPSA) is 56.1 Å². The zero-order valence-electron chi connectivity index (χ0n) is 9.49. The summed E-state index contributed by atoms with van der Waals surface area (Å²) in [7, 11) is 1.66. The number of rotatable bonds is 6. The minimum absolute atomic E-state index is 0.0407. The fourth-order valence-electron chi connectivity index (χ4n) is 1.30. The number of halogens is 1. The highest BCUT2D eigenvalue weighted by molar-refractivity contribution is 9.10. The van der Waals surface area contributed by atoms with E-state index >= 15 is 0 Å². The van der Waals surface area contributed by atoms with Crippen molar-refractivity contribution >= 4 is 15.9 Å². The molecule has 1 aromatic rings. The fourth-order valence-corrected chi connectivity index (χ4v) is 1.62. The number of nitrogens with zero attached hydrogens (tertiary/aromatic N) is 2. The molecule has 1 rings (SSSR count). The average Bonchev–Trinajstić information content (AvgIpc) is 2.28. The summed E-state index contributed by atoms with van der Waals surface area (Å²) < 4.78 is 7.05. The maximum absolute atomic E-state index is 11.7. The van der Waals surface area contributed by atoms with E-state index in [1.165, 1.54) is 6.20 Å². The Kier molecular flexibility index (Phi) is 5.65. The second-order valence-electron chi connectivity index (χ2n) is 3.35. The number of nitrogens with one attached hydrogen (secondary N) is 1. The summed E-state index contributed by atoms with van der Waals surface area (Å²) in [6.45, 7) is 4.61. The molecule has 0 aliphatic rings. The minimum Gasteiger partial charge on any atom is -0.383 e. The number of ether oxygens (including phenoxy) is 1. The average molecular weight is 290 g/mol. The lowest BCUT2D eigenvalue weighted by atomic mass is 10.5. The first-order valence-corrected chi connectivity index (χ1v) is 5.87. The molecule has 1 heterocycles. The van der Waals surface area contributed by atoms with Crippen molar-refractivity contribution in [1.29, 1.82) is 0 Å². The monoisotopic (exact) mass is 289 g/mol. The summed E-state index contributed by atoms with van der Waals surface area (Å²) in [6, 6.07) is 0. The van der Waals surface area contributed by atoms with Crippen molar-refractivity contribution in [3.05, 3.63) is 26.8 Å². The second-order valence-corrected chi connectivity index (χ2v) is 4.21. The van der Waals surface area contributed by atoms with Crippen molar-refractivity contribution < 1.29 is 4.74 Å². The molecule has 0 bridgehead atoms. The number of aryl methyl sites for hydroxylation is 1. The molecule has 0 saturated heterocycles. The Balaban J connectivity index is 2.54. The largest absolute Gasteiger partial charge is 0.383 e. The van der Waals surface area contributed by atoms with Gasteiger partial charge in [-0.25, -0.2) is 4.98 Å². The Labute approximate surface area is 103 Å². The van der Waals surface area contributed by atoms with Gasteiger partial charge in [-0.15, -0.1) is 0 Å². The summed E-state index contributed by atoms with van der Waals surface area (Å²) in [6.07, 6.45) is 1.53. The molecule has 0 aromatic carbocycles. The van der Waals surface area contributed by atoms with E-state index < -0.39 is 0 Å². The van der Waals surface area contributed by atoms with Gasteiger partial charge >= 0.3 is 0 Å². The van der Waals surface area contributed by atoms with E-state index in [0.717, 1.165) is 18.9 Å². The Hall–Kier alpha value is -0.720.